The van der Waals surface area contributed by atoms with Gasteiger partial charge >= 0.3 is 0 Å². The van der Waals surface area contributed by atoms with Crippen molar-refractivity contribution in [3.05, 3.63) is 116 Å². The molecular weight excluding hydrogens is 396 g/mol. The summed E-state index contributed by atoms with van der Waals surface area (Å²) < 4.78 is 0. The Kier molecular flexibility index (Phi) is 5.29. The fourth-order valence-electron chi connectivity index (χ4n) is 3.59. The highest BCUT2D eigenvalue weighted by molar-refractivity contribution is 5.78. The quantitative estimate of drug-likeness (QED) is 0.360. The van der Waals surface area contributed by atoms with Gasteiger partial charge in [-0.2, -0.15) is 0 Å². The summed E-state index contributed by atoms with van der Waals surface area (Å²) >= 11 is 0. The summed E-state index contributed by atoms with van der Waals surface area (Å²) in [4.78, 5) is 15.7. The molecule has 0 atom stereocenters. The van der Waals surface area contributed by atoms with Gasteiger partial charge in [0.1, 0.15) is 11.6 Å². The third-order valence-corrected chi connectivity index (χ3v) is 5.09. The van der Waals surface area contributed by atoms with Crippen LogP contribution in [-0.2, 0) is 0 Å². The van der Waals surface area contributed by atoms with Crippen LogP contribution in [0.4, 0.5) is 17.2 Å². The van der Waals surface area contributed by atoms with Crippen molar-refractivity contribution in [2.24, 2.45) is 0 Å². The fraction of sp³-hybridized carbons (Fsp3) is 0. The topological polar surface area (TPSA) is 62.1 Å². The van der Waals surface area contributed by atoms with Gasteiger partial charge in [-0.3, -0.25) is 4.90 Å². The summed E-state index contributed by atoms with van der Waals surface area (Å²) in [6.45, 7) is 0. The van der Waals surface area contributed by atoms with Crippen LogP contribution >= 0.6 is 0 Å². The third kappa shape index (κ3) is 3.91. The molecule has 5 aromatic rings. The monoisotopic (exact) mass is 416 g/mol. The van der Waals surface area contributed by atoms with E-state index in [-0.39, 0.29) is 5.75 Å². The van der Waals surface area contributed by atoms with Crippen LogP contribution in [0, 0.1) is 0 Å². The molecule has 0 bridgehead atoms. The minimum absolute atomic E-state index is 0.156. The third-order valence-electron chi connectivity index (χ3n) is 5.09. The highest BCUT2D eigenvalue weighted by Gasteiger charge is 2.15. The van der Waals surface area contributed by atoms with E-state index in [4.69, 9.17) is 4.98 Å². The Labute approximate surface area is 186 Å². The van der Waals surface area contributed by atoms with Crippen molar-refractivity contribution in [2.75, 3.05) is 4.90 Å². The number of benzene rings is 3. The summed E-state index contributed by atoms with van der Waals surface area (Å²) in [6, 6.07) is 33.1. The average Bonchev–Trinajstić information content (AvgIpc) is 2.86. The molecule has 0 aliphatic rings. The van der Waals surface area contributed by atoms with Gasteiger partial charge in [0.2, 0.25) is 0 Å². The summed E-state index contributed by atoms with van der Waals surface area (Å²) in [5.74, 6) is 1.47. The zero-order valence-electron chi connectivity index (χ0n) is 17.2. The average molecular weight is 416 g/mol. The molecule has 5 rings (SSSR count). The molecule has 0 aliphatic carbocycles. The molecule has 154 valence electrons. The summed E-state index contributed by atoms with van der Waals surface area (Å²) in [5.41, 5.74) is 4.30. The van der Waals surface area contributed by atoms with E-state index < -0.39 is 0 Å². The molecule has 0 aliphatic heterocycles. The van der Waals surface area contributed by atoms with E-state index in [2.05, 4.69) is 39.1 Å². The first-order valence-electron chi connectivity index (χ1n) is 10.3. The molecule has 0 saturated heterocycles. The standard InChI is InChI=1S/C27H20N4O/c32-25-14-5-4-13-23(25)27-29-18-16-24(30-27)20-9-8-12-22(19-20)31(21-10-2-1-3-11-21)26-15-6-7-17-28-26/h1-19,32H. The summed E-state index contributed by atoms with van der Waals surface area (Å²) in [6.07, 6.45) is 3.50. The van der Waals surface area contributed by atoms with E-state index in [1.54, 1.807) is 24.5 Å². The Bertz CT molecular complexity index is 1300. The molecule has 0 spiro atoms. The van der Waals surface area contributed by atoms with Crippen molar-refractivity contribution in [1.29, 1.82) is 0 Å². The number of aromatic nitrogens is 3. The lowest BCUT2D eigenvalue weighted by Crippen LogP contribution is -2.11. The maximum atomic E-state index is 10.2. The van der Waals surface area contributed by atoms with Crippen LogP contribution in [0.2, 0.25) is 0 Å². The highest BCUT2D eigenvalue weighted by Crippen LogP contribution is 2.35. The number of aromatic hydroxyl groups is 1. The number of hydrogen-bond donors (Lipinski definition) is 1. The van der Waals surface area contributed by atoms with E-state index in [1.165, 1.54) is 0 Å². The minimum atomic E-state index is 0.156. The van der Waals surface area contributed by atoms with Crippen molar-refractivity contribution in [3.63, 3.8) is 0 Å². The molecule has 0 amide bonds. The number of pyridine rings is 1. The van der Waals surface area contributed by atoms with Crippen LogP contribution in [0.5, 0.6) is 5.75 Å². The van der Waals surface area contributed by atoms with Crippen molar-refractivity contribution in [1.82, 2.24) is 15.0 Å². The maximum Gasteiger partial charge on any atom is 0.163 e. The van der Waals surface area contributed by atoms with Crippen LogP contribution in [-0.4, -0.2) is 20.1 Å². The maximum absolute atomic E-state index is 10.2. The number of phenolic OH excluding ortho intramolecular Hbond substituents is 1. The Morgan fingerprint density at radius 1 is 0.625 bits per heavy atom. The molecule has 32 heavy (non-hydrogen) atoms. The molecule has 5 heteroatoms. The van der Waals surface area contributed by atoms with Crippen LogP contribution in [0.1, 0.15) is 0 Å². The van der Waals surface area contributed by atoms with Crippen LogP contribution in [0.25, 0.3) is 22.6 Å². The zero-order valence-corrected chi connectivity index (χ0v) is 17.2. The van der Waals surface area contributed by atoms with E-state index in [0.717, 1.165) is 28.5 Å². The Morgan fingerprint density at radius 2 is 1.41 bits per heavy atom. The van der Waals surface area contributed by atoms with Gasteiger partial charge in [-0.15, -0.1) is 0 Å². The molecule has 0 saturated carbocycles. The van der Waals surface area contributed by atoms with Crippen LogP contribution < -0.4 is 4.90 Å². The lowest BCUT2D eigenvalue weighted by molar-refractivity contribution is 0.477. The molecule has 0 fully saturated rings. The fourth-order valence-corrected chi connectivity index (χ4v) is 3.59. The van der Waals surface area contributed by atoms with Gasteiger partial charge in [0.25, 0.3) is 0 Å². The number of hydrogen-bond acceptors (Lipinski definition) is 5. The first kappa shape index (κ1) is 19.5. The second-order valence-electron chi connectivity index (χ2n) is 7.19. The SMILES string of the molecule is Oc1ccccc1-c1nccc(-c2cccc(N(c3ccccc3)c3ccccn3)c2)n1. The predicted octanol–water partition coefficient (Wildman–Crippen LogP) is 6.38. The van der Waals surface area contributed by atoms with E-state index in [1.807, 2.05) is 66.7 Å². The number of nitrogens with zero attached hydrogens (tertiary/aromatic N) is 4. The number of anilines is 3. The van der Waals surface area contributed by atoms with Gasteiger partial charge in [-0.1, -0.05) is 48.5 Å². The molecule has 5 nitrogen and oxygen atoms in total. The molecule has 2 heterocycles. The van der Waals surface area contributed by atoms with E-state index in [0.29, 0.717) is 11.4 Å². The van der Waals surface area contributed by atoms with Gasteiger partial charge < -0.3 is 5.11 Å². The number of phenols is 1. The smallest absolute Gasteiger partial charge is 0.163 e. The first-order chi connectivity index (χ1) is 15.8. The van der Waals surface area contributed by atoms with Crippen LogP contribution in [0.3, 0.4) is 0 Å². The molecule has 0 radical (unpaired) electrons. The number of rotatable bonds is 5. The summed E-state index contributed by atoms with van der Waals surface area (Å²) in [5, 5.41) is 10.2. The first-order valence-corrected chi connectivity index (χ1v) is 10.3. The molecular formula is C27H20N4O. The second kappa shape index (κ2) is 8.70. The zero-order chi connectivity index (χ0) is 21.8. The van der Waals surface area contributed by atoms with E-state index in [9.17, 15) is 5.11 Å². The Balaban J connectivity index is 1.59. The van der Waals surface area contributed by atoms with Gasteiger partial charge in [-0.05, 0) is 54.6 Å². The van der Waals surface area contributed by atoms with Crippen molar-refractivity contribution in [3.8, 4) is 28.4 Å². The van der Waals surface area contributed by atoms with Crippen LogP contribution in [0.15, 0.2) is 116 Å². The lowest BCUT2D eigenvalue weighted by atomic mass is 10.1. The van der Waals surface area contributed by atoms with E-state index >= 15 is 0 Å². The largest absolute Gasteiger partial charge is 0.507 e. The highest BCUT2D eigenvalue weighted by atomic mass is 16.3. The molecule has 2 aromatic heterocycles. The normalized spacial score (nSPS) is 10.6. The summed E-state index contributed by atoms with van der Waals surface area (Å²) in [7, 11) is 0. The van der Waals surface area contributed by atoms with Crippen molar-refractivity contribution < 1.29 is 5.11 Å². The van der Waals surface area contributed by atoms with Crippen molar-refractivity contribution >= 4 is 17.2 Å². The Hall–Kier alpha value is -4.51. The molecule has 3 aromatic carbocycles. The second-order valence-corrected chi connectivity index (χ2v) is 7.19. The predicted molar refractivity (Wildman–Crippen MR) is 127 cm³/mol. The number of para-hydroxylation sites is 2. The van der Waals surface area contributed by atoms with Gasteiger partial charge in [-0.25, -0.2) is 15.0 Å². The minimum Gasteiger partial charge on any atom is -0.507 e. The van der Waals surface area contributed by atoms with Gasteiger partial charge in [0.15, 0.2) is 5.82 Å². The van der Waals surface area contributed by atoms with Crippen molar-refractivity contribution in [2.45, 2.75) is 0 Å². The lowest BCUT2D eigenvalue weighted by Gasteiger charge is -2.24. The Morgan fingerprint density at radius 3 is 2.22 bits per heavy atom. The molecule has 0 unspecified atom stereocenters. The molecule has 1 N–H and O–H groups in total. The van der Waals surface area contributed by atoms with Gasteiger partial charge in [0, 0.05) is 29.3 Å². The van der Waals surface area contributed by atoms with Gasteiger partial charge in [0.05, 0.1) is 11.3 Å².